The molecule has 4 rings (SSSR count). The van der Waals surface area contributed by atoms with Gasteiger partial charge in [0.1, 0.15) is 24.4 Å². The molecule has 1 aliphatic heterocycles. The van der Waals surface area contributed by atoms with Crippen molar-refractivity contribution < 1.29 is 19.1 Å². The third kappa shape index (κ3) is 6.23. The van der Waals surface area contributed by atoms with Gasteiger partial charge in [-0.3, -0.25) is 14.4 Å². The lowest BCUT2D eigenvalue weighted by atomic mass is 10.0. The molecule has 3 aromatic carbocycles. The molecule has 38 heavy (non-hydrogen) atoms. The van der Waals surface area contributed by atoms with Gasteiger partial charge in [0.05, 0.1) is 16.3 Å². The van der Waals surface area contributed by atoms with E-state index in [4.69, 9.17) is 39.5 Å². The van der Waals surface area contributed by atoms with Crippen LogP contribution in [-0.2, 0) is 16.0 Å². The first-order valence-electron chi connectivity index (χ1n) is 12.0. The van der Waals surface area contributed by atoms with E-state index >= 15 is 0 Å². The van der Waals surface area contributed by atoms with E-state index < -0.39 is 23.9 Å². The molecule has 2 atom stereocenters. The molecule has 0 spiro atoms. The average molecular weight is 575 g/mol. The topological polar surface area (TPSA) is 87.7 Å². The fourth-order valence-corrected chi connectivity index (χ4v) is 4.81. The van der Waals surface area contributed by atoms with Crippen LogP contribution in [0.5, 0.6) is 5.75 Å². The van der Waals surface area contributed by atoms with Crippen molar-refractivity contribution in [2.45, 2.75) is 38.4 Å². The fraction of sp³-hybridized carbons (Fsp3) is 0.250. The van der Waals surface area contributed by atoms with Gasteiger partial charge in [-0.2, -0.15) is 0 Å². The Morgan fingerprint density at radius 2 is 1.68 bits per heavy atom. The fourth-order valence-electron chi connectivity index (χ4n) is 4.22. The summed E-state index contributed by atoms with van der Waals surface area (Å²) >= 11 is 18.7. The molecule has 2 N–H and O–H groups in total. The Balaban J connectivity index is 1.60. The maximum absolute atomic E-state index is 13.6. The Morgan fingerprint density at radius 1 is 1.00 bits per heavy atom. The first-order valence-corrected chi connectivity index (χ1v) is 13.1. The summed E-state index contributed by atoms with van der Waals surface area (Å²) in [6.45, 7) is 3.62. The van der Waals surface area contributed by atoms with Crippen molar-refractivity contribution >= 4 is 58.2 Å². The minimum atomic E-state index is -1.06. The molecular formula is C28H26Cl3N3O4. The van der Waals surface area contributed by atoms with E-state index in [1.165, 1.54) is 0 Å². The maximum Gasteiger partial charge on any atom is 0.253 e. The van der Waals surface area contributed by atoms with Gasteiger partial charge in [0.15, 0.2) is 0 Å². The number of fused-ring (bicyclic) bond motifs is 1. The summed E-state index contributed by atoms with van der Waals surface area (Å²) < 4.78 is 5.89. The predicted octanol–water partition coefficient (Wildman–Crippen LogP) is 5.31. The lowest BCUT2D eigenvalue weighted by Crippen LogP contribution is -2.57. The van der Waals surface area contributed by atoms with Crippen molar-refractivity contribution in [2.24, 2.45) is 0 Å². The molecule has 0 aromatic heterocycles. The molecule has 0 aliphatic carbocycles. The van der Waals surface area contributed by atoms with Crippen LogP contribution < -0.4 is 20.3 Å². The Morgan fingerprint density at radius 3 is 2.37 bits per heavy atom. The second-order valence-corrected chi connectivity index (χ2v) is 10.3. The van der Waals surface area contributed by atoms with Crippen LogP contribution in [0.15, 0.2) is 66.7 Å². The molecule has 1 heterocycles. The summed E-state index contributed by atoms with van der Waals surface area (Å²) in [4.78, 5) is 41.8. The van der Waals surface area contributed by atoms with Crippen molar-refractivity contribution in [3.05, 3.63) is 92.9 Å². The third-order valence-corrected chi connectivity index (χ3v) is 7.01. The van der Waals surface area contributed by atoms with Gasteiger partial charge < -0.3 is 20.3 Å². The molecule has 0 bridgehead atoms. The molecule has 1 aliphatic rings. The number of halogens is 3. The molecule has 7 nitrogen and oxygen atoms in total. The molecule has 0 unspecified atom stereocenters. The van der Waals surface area contributed by atoms with Crippen LogP contribution in [0.3, 0.4) is 0 Å². The lowest BCUT2D eigenvalue weighted by Gasteiger charge is -2.29. The first-order chi connectivity index (χ1) is 18.2. The summed E-state index contributed by atoms with van der Waals surface area (Å²) in [6.07, 6.45) is 0.0905. The Hall–Kier alpha value is -3.26. The number of amides is 3. The molecule has 0 saturated carbocycles. The van der Waals surface area contributed by atoms with Gasteiger partial charge in [-0.05, 0) is 49.7 Å². The maximum atomic E-state index is 13.6. The number of hydrogen-bond donors (Lipinski definition) is 2. The number of hydrogen-bond acceptors (Lipinski definition) is 4. The highest BCUT2D eigenvalue weighted by molar-refractivity contribution is 6.34. The quantitative estimate of drug-likeness (QED) is 0.401. The number of ether oxygens (including phenoxy) is 1. The highest BCUT2D eigenvalue weighted by Gasteiger charge is 2.36. The van der Waals surface area contributed by atoms with Gasteiger partial charge >= 0.3 is 0 Å². The molecule has 3 aromatic rings. The molecule has 3 amide bonds. The van der Waals surface area contributed by atoms with Crippen LogP contribution in [0, 0.1) is 0 Å². The number of benzene rings is 3. The Kier molecular flexibility index (Phi) is 8.82. The molecular weight excluding hydrogens is 549 g/mol. The van der Waals surface area contributed by atoms with Crippen molar-refractivity contribution in [1.29, 1.82) is 0 Å². The van der Waals surface area contributed by atoms with Crippen LogP contribution in [0.25, 0.3) is 0 Å². The number of rotatable bonds is 7. The van der Waals surface area contributed by atoms with E-state index in [0.717, 1.165) is 0 Å². The molecule has 0 radical (unpaired) electrons. The van der Waals surface area contributed by atoms with Crippen LogP contribution >= 0.6 is 34.8 Å². The largest absolute Gasteiger partial charge is 0.489 e. The van der Waals surface area contributed by atoms with E-state index in [1.807, 2.05) is 13.8 Å². The van der Waals surface area contributed by atoms with Crippen LogP contribution in [0.4, 0.5) is 5.69 Å². The minimum Gasteiger partial charge on any atom is -0.489 e. The Bertz CT molecular complexity index is 1360. The number of carbonyl (C=O) groups excluding carboxylic acids is 3. The highest BCUT2D eigenvalue weighted by Crippen LogP contribution is 2.35. The van der Waals surface area contributed by atoms with Gasteiger partial charge in [0, 0.05) is 28.6 Å². The second kappa shape index (κ2) is 12.1. The summed E-state index contributed by atoms with van der Waals surface area (Å²) in [6, 6.07) is 16.3. The van der Waals surface area contributed by atoms with E-state index in [0.29, 0.717) is 27.0 Å². The predicted molar refractivity (Wildman–Crippen MR) is 149 cm³/mol. The summed E-state index contributed by atoms with van der Waals surface area (Å²) in [7, 11) is 0. The zero-order chi connectivity index (χ0) is 27.4. The number of anilines is 1. The number of nitrogens with zero attached hydrogens (tertiary/aromatic N) is 1. The first kappa shape index (κ1) is 27.8. The monoisotopic (exact) mass is 573 g/mol. The lowest BCUT2D eigenvalue weighted by molar-refractivity contribution is -0.129. The number of nitrogens with one attached hydrogen (secondary N) is 2. The van der Waals surface area contributed by atoms with Gasteiger partial charge in [0.25, 0.3) is 11.8 Å². The van der Waals surface area contributed by atoms with Crippen LogP contribution in [0.2, 0.25) is 15.1 Å². The van der Waals surface area contributed by atoms with E-state index in [9.17, 15) is 14.4 Å². The molecule has 0 saturated heterocycles. The van der Waals surface area contributed by atoms with Gasteiger partial charge in [-0.25, -0.2) is 0 Å². The smallest absolute Gasteiger partial charge is 0.253 e. The van der Waals surface area contributed by atoms with Crippen molar-refractivity contribution in [1.82, 2.24) is 10.6 Å². The van der Waals surface area contributed by atoms with Crippen molar-refractivity contribution in [3.8, 4) is 5.75 Å². The average Bonchev–Trinajstić information content (AvgIpc) is 3.01. The highest BCUT2D eigenvalue weighted by atomic mass is 35.5. The van der Waals surface area contributed by atoms with Gasteiger partial charge in [0.2, 0.25) is 5.91 Å². The van der Waals surface area contributed by atoms with Crippen molar-refractivity contribution in [3.63, 3.8) is 0 Å². The SMILES string of the molecule is CC(C)N1C(=O)[C@H](NC(=O)[C@@H](Cc2ccccc2Cl)NC(=O)c2ccccc2Cl)COc2cc(Cl)ccc21. The summed E-state index contributed by atoms with van der Waals surface area (Å²) in [5.74, 6) is -1.00. The zero-order valence-corrected chi connectivity index (χ0v) is 23.0. The van der Waals surface area contributed by atoms with Crippen molar-refractivity contribution in [2.75, 3.05) is 11.5 Å². The minimum absolute atomic E-state index is 0.0905. The second-order valence-electron chi connectivity index (χ2n) is 9.09. The Labute approximate surface area is 236 Å². The molecule has 0 fully saturated rings. The van der Waals surface area contributed by atoms with E-state index in [-0.39, 0.29) is 35.6 Å². The molecule has 10 heteroatoms. The van der Waals surface area contributed by atoms with E-state index in [1.54, 1.807) is 71.6 Å². The van der Waals surface area contributed by atoms with Gasteiger partial charge in [-0.15, -0.1) is 0 Å². The summed E-state index contributed by atoms with van der Waals surface area (Å²) in [5, 5.41) is 6.69. The van der Waals surface area contributed by atoms with E-state index in [2.05, 4.69) is 10.6 Å². The molecule has 198 valence electrons. The van der Waals surface area contributed by atoms with Crippen LogP contribution in [0.1, 0.15) is 29.8 Å². The standard InChI is InChI=1S/C28H26Cl3N3O4/c1-16(2)34-24-12-11-18(29)14-25(24)38-15-23(28(34)37)33-27(36)22(13-17-7-3-5-9-20(17)30)32-26(35)19-8-4-6-10-21(19)31/h3-12,14,16,22-23H,13,15H2,1-2H3,(H,32,35)(H,33,36)/t22-,23-/m1/s1. The third-order valence-electron chi connectivity index (χ3n) is 6.08. The summed E-state index contributed by atoms with van der Waals surface area (Å²) in [5.41, 5.74) is 1.44. The normalized spacial score (nSPS) is 15.8. The number of carbonyl (C=O) groups is 3. The van der Waals surface area contributed by atoms with Crippen LogP contribution in [-0.4, -0.2) is 42.5 Å². The zero-order valence-electron chi connectivity index (χ0n) is 20.7. The van der Waals surface area contributed by atoms with Gasteiger partial charge in [-0.1, -0.05) is 65.1 Å².